The van der Waals surface area contributed by atoms with Crippen molar-refractivity contribution in [1.82, 2.24) is 0 Å². The zero-order valence-electron chi connectivity index (χ0n) is 20.6. The van der Waals surface area contributed by atoms with E-state index in [1.165, 1.54) is 0 Å². The number of rotatable bonds is 3. The number of halogens is 15. The summed E-state index contributed by atoms with van der Waals surface area (Å²) in [7, 11) is 0. The highest BCUT2D eigenvalue weighted by atomic mass is 19.2. The second-order valence-electron chi connectivity index (χ2n) is 8.56. The summed E-state index contributed by atoms with van der Waals surface area (Å²) in [5, 5.41) is 19.3. The minimum Gasteiger partial charge on any atom is -0.203 e. The summed E-state index contributed by atoms with van der Waals surface area (Å²) in [6.07, 6.45) is 0. The Labute approximate surface area is 233 Å². The Hall–Kier alpha value is -5.19. The molecule has 44 heavy (non-hydrogen) atoms. The van der Waals surface area contributed by atoms with Crippen LogP contribution >= 0.6 is 0 Å². The third-order valence-electron chi connectivity index (χ3n) is 6.29. The summed E-state index contributed by atoms with van der Waals surface area (Å²) in [5.41, 5.74) is -14.8. The van der Waals surface area contributed by atoms with Gasteiger partial charge in [0.1, 0.15) is 12.1 Å². The van der Waals surface area contributed by atoms with Crippen molar-refractivity contribution in [3.05, 3.63) is 121 Å². The molecular formula is C27H3F15N2. The average Bonchev–Trinajstić information content (AvgIpc) is 3.73. The van der Waals surface area contributed by atoms with Crippen molar-refractivity contribution in [2.75, 3.05) is 0 Å². The highest BCUT2D eigenvalue weighted by molar-refractivity contribution is 6.10. The monoisotopic (exact) mass is 640 g/mol. The molecule has 0 saturated heterocycles. The lowest BCUT2D eigenvalue weighted by atomic mass is 10.0. The number of nitrogens with zero attached hydrogens (tertiary/aromatic N) is 2. The Morgan fingerprint density at radius 2 is 0.545 bits per heavy atom. The lowest BCUT2D eigenvalue weighted by molar-refractivity contribution is 0.376. The van der Waals surface area contributed by atoms with Crippen LogP contribution in [-0.4, -0.2) is 0 Å². The lowest BCUT2D eigenvalue weighted by Gasteiger charge is -2.08. The molecule has 1 aliphatic carbocycles. The van der Waals surface area contributed by atoms with Gasteiger partial charge in [-0.25, -0.2) is 65.9 Å². The Morgan fingerprint density at radius 3 is 0.773 bits per heavy atom. The quantitative estimate of drug-likeness (QED) is 0.125. The van der Waals surface area contributed by atoms with E-state index >= 15 is 0 Å². The molecule has 0 radical (unpaired) electrons. The number of hydrogen-bond acceptors (Lipinski definition) is 2. The maximum absolute atomic E-state index is 14.6. The Kier molecular flexibility index (Phi) is 7.81. The SMILES string of the molecule is CC(=C1C(=C(C#N)c2c(F)c(F)c(F)c(F)c2F)C1=C(C#N)c1c(F)c(F)c(F)c(F)c1F)c1c(F)c(F)c(F)c(F)c1F. The van der Waals surface area contributed by atoms with Gasteiger partial charge in [-0.05, 0) is 18.1 Å². The number of hydrogen-bond donors (Lipinski definition) is 0. The van der Waals surface area contributed by atoms with Crippen molar-refractivity contribution in [3.8, 4) is 12.1 Å². The van der Waals surface area contributed by atoms with Crippen LogP contribution in [-0.2, 0) is 0 Å². The minimum absolute atomic E-state index is 0.460. The fourth-order valence-corrected chi connectivity index (χ4v) is 4.24. The number of benzene rings is 3. The van der Waals surface area contributed by atoms with E-state index in [2.05, 4.69) is 0 Å². The normalized spacial score (nSPS) is 14.8. The third-order valence-corrected chi connectivity index (χ3v) is 6.29. The van der Waals surface area contributed by atoms with Gasteiger partial charge in [-0.15, -0.1) is 0 Å². The molecule has 1 aliphatic rings. The van der Waals surface area contributed by atoms with E-state index in [-0.39, 0.29) is 0 Å². The lowest BCUT2D eigenvalue weighted by Crippen LogP contribution is -2.07. The second-order valence-corrected chi connectivity index (χ2v) is 8.56. The number of allylic oxidation sites excluding steroid dienone is 6. The van der Waals surface area contributed by atoms with Crippen LogP contribution in [0.4, 0.5) is 65.9 Å². The molecule has 1 fully saturated rings. The van der Waals surface area contributed by atoms with Crippen molar-refractivity contribution in [3.63, 3.8) is 0 Å². The van der Waals surface area contributed by atoms with Gasteiger partial charge in [0.25, 0.3) is 0 Å². The predicted molar refractivity (Wildman–Crippen MR) is 116 cm³/mol. The third kappa shape index (κ3) is 4.30. The van der Waals surface area contributed by atoms with Crippen LogP contribution < -0.4 is 0 Å². The first-order chi connectivity index (χ1) is 20.5. The Bertz CT molecular complexity index is 1850. The predicted octanol–water partition coefficient (Wildman–Crippen LogP) is 8.51. The average molecular weight is 640 g/mol. The molecule has 0 atom stereocenters. The molecule has 226 valence electrons. The standard InChI is InChI=1S/C27H3F15N2/c1-4(8-13(28)19(34)25(40)20(35)14(8)29)7-9(5(2-43)11-15(30)21(36)26(41)22(37)16(11)31)10(7)6(3-44)12-17(32)23(38)27(42)24(39)18(12)33/h1H3. The summed E-state index contributed by atoms with van der Waals surface area (Å²) in [4.78, 5) is 0. The van der Waals surface area contributed by atoms with Crippen LogP contribution in [0.3, 0.4) is 0 Å². The summed E-state index contributed by atoms with van der Waals surface area (Å²) >= 11 is 0. The maximum Gasteiger partial charge on any atom is 0.200 e. The smallest absolute Gasteiger partial charge is 0.200 e. The Balaban J connectivity index is 2.31. The zero-order chi connectivity index (χ0) is 33.3. The van der Waals surface area contributed by atoms with Gasteiger partial charge in [-0.3, -0.25) is 0 Å². The fourth-order valence-electron chi connectivity index (χ4n) is 4.24. The van der Waals surface area contributed by atoms with Gasteiger partial charge in [-0.1, -0.05) is 0 Å². The van der Waals surface area contributed by atoms with Crippen LogP contribution in [0, 0.1) is 110 Å². The highest BCUT2D eigenvalue weighted by Crippen LogP contribution is 2.57. The molecule has 1 saturated carbocycles. The van der Waals surface area contributed by atoms with Crippen LogP contribution in [0.2, 0.25) is 0 Å². The molecule has 3 aromatic rings. The van der Waals surface area contributed by atoms with Crippen LogP contribution in [0.15, 0.2) is 16.7 Å². The molecule has 0 aliphatic heterocycles. The molecule has 3 aromatic carbocycles. The van der Waals surface area contributed by atoms with E-state index in [1.54, 1.807) is 0 Å². The van der Waals surface area contributed by atoms with E-state index in [0.29, 0.717) is 6.92 Å². The molecule has 0 unspecified atom stereocenters. The largest absolute Gasteiger partial charge is 0.203 e. The van der Waals surface area contributed by atoms with Crippen molar-refractivity contribution >= 4 is 16.7 Å². The molecule has 0 amide bonds. The maximum atomic E-state index is 14.6. The van der Waals surface area contributed by atoms with E-state index in [0.717, 1.165) is 12.1 Å². The fraction of sp³-hybridized carbons (Fsp3) is 0.0370. The van der Waals surface area contributed by atoms with Gasteiger partial charge in [0, 0.05) is 11.1 Å². The first-order valence-electron chi connectivity index (χ1n) is 11.0. The van der Waals surface area contributed by atoms with E-state index in [4.69, 9.17) is 0 Å². The topological polar surface area (TPSA) is 47.6 Å². The summed E-state index contributed by atoms with van der Waals surface area (Å²) in [5.74, 6) is -40.2. The number of nitriles is 2. The van der Waals surface area contributed by atoms with Gasteiger partial charge in [0.15, 0.2) is 69.8 Å². The molecule has 17 heteroatoms. The van der Waals surface area contributed by atoms with Crippen molar-refractivity contribution < 1.29 is 65.9 Å². The summed E-state index contributed by atoms with van der Waals surface area (Å²) in [6, 6.07) is 1.86. The van der Waals surface area contributed by atoms with Crippen LogP contribution in [0.25, 0.3) is 16.7 Å². The molecular weight excluding hydrogens is 637 g/mol. The van der Waals surface area contributed by atoms with Gasteiger partial charge in [0.2, 0.25) is 17.5 Å². The van der Waals surface area contributed by atoms with Crippen LogP contribution in [0.5, 0.6) is 0 Å². The molecule has 4 rings (SSSR count). The molecule has 0 bridgehead atoms. The van der Waals surface area contributed by atoms with Gasteiger partial charge < -0.3 is 0 Å². The Morgan fingerprint density at radius 1 is 0.341 bits per heavy atom. The van der Waals surface area contributed by atoms with Crippen molar-refractivity contribution in [2.24, 2.45) is 0 Å². The zero-order valence-corrected chi connectivity index (χ0v) is 20.6. The van der Waals surface area contributed by atoms with E-state index in [9.17, 15) is 76.4 Å². The van der Waals surface area contributed by atoms with Crippen LogP contribution in [0.1, 0.15) is 23.6 Å². The van der Waals surface area contributed by atoms with Crippen molar-refractivity contribution in [2.45, 2.75) is 6.92 Å². The van der Waals surface area contributed by atoms with E-state index in [1.807, 2.05) is 0 Å². The highest BCUT2D eigenvalue weighted by Gasteiger charge is 2.45. The molecule has 0 aromatic heterocycles. The first kappa shape index (κ1) is 31.7. The first-order valence-corrected chi connectivity index (χ1v) is 11.0. The summed E-state index contributed by atoms with van der Waals surface area (Å²) in [6.45, 7) is 0.460. The molecule has 2 nitrogen and oxygen atoms in total. The van der Waals surface area contributed by atoms with Gasteiger partial charge in [-0.2, -0.15) is 10.5 Å². The van der Waals surface area contributed by atoms with Gasteiger partial charge in [0.05, 0.1) is 27.8 Å². The second kappa shape index (κ2) is 10.8. The van der Waals surface area contributed by atoms with Crippen molar-refractivity contribution in [1.29, 1.82) is 10.5 Å². The molecule has 0 heterocycles. The molecule has 0 spiro atoms. The minimum atomic E-state index is -2.75. The summed E-state index contributed by atoms with van der Waals surface area (Å²) < 4.78 is 212. The molecule has 0 N–H and O–H groups in total. The van der Waals surface area contributed by atoms with E-state index < -0.39 is 137 Å². The van der Waals surface area contributed by atoms with Gasteiger partial charge >= 0.3 is 0 Å².